The molecule has 2 heteroatoms. The lowest BCUT2D eigenvalue weighted by molar-refractivity contribution is -0.0147. The molecule has 0 amide bonds. The Bertz CT molecular complexity index is 283. The summed E-state index contributed by atoms with van der Waals surface area (Å²) in [5, 5.41) is 0. The molecule has 0 aromatic rings. The highest BCUT2D eigenvalue weighted by Crippen LogP contribution is 2.42. The van der Waals surface area contributed by atoms with Crippen molar-refractivity contribution in [3.8, 4) is 0 Å². The van der Waals surface area contributed by atoms with E-state index in [4.69, 9.17) is 0 Å². The standard InChI is InChI=1S/C16H30N2/c1-12(2)14-5-4-13-6-7-18(9-15(13)8-14)16-10-17(3)11-16/h12-16H,4-11H2,1-3H3. The summed E-state index contributed by atoms with van der Waals surface area (Å²) in [4.78, 5) is 5.26. The smallest absolute Gasteiger partial charge is 0.0350 e. The number of piperidine rings is 1. The van der Waals surface area contributed by atoms with E-state index in [1.807, 2.05) is 0 Å². The number of likely N-dealkylation sites (N-methyl/N-ethyl adjacent to an activating group) is 1. The zero-order chi connectivity index (χ0) is 12.7. The molecule has 0 bridgehead atoms. The van der Waals surface area contributed by atoms with Gasteiger partial charge in [0.05, 0.1) is 0 Å². The molecule has 2 heterocycles. The molecule has 104 valence electrons. The van der Waals surface area contributed by atoms with Gasteiger partial charge in [0.1, 0.15) is 0 Å². The first kappa shape index (κ1) is 12.9. The second-order valence-electron chi connectivity index (χ2n) is 7.50. The van der Waals surface area contributed by atoms with Gasteiger partial charge in [-0.2, -0.15) is 0 Å². The van der Waals surface area contributed by atoms with Crippen LogP contribution in [-0.4, -0.2) is 49.1 Å². The minimum absolute atomic E-state index is 0.885. The highest BCUT2D eigenvalue weighted by molar-refractivity contribution is 4.93. The summed E-state index contributed by atoms with van der Waals surface area (Å²) in [6, 6.07) is 0.885. The van der Waals surface area contributed by atoms with Crippen LogP contribution in [0.3, 0.4) is 0 Å². The second kappa shape index (κ2) is 5.13. The van der Waals surface area contributed by atoms with Gasteiger partial charge < -0.3 is 4.90 Å². The molecule has 0 spiro atoms. The first-order valence-electron chi connectivity index (χ1n) is 8.06. The average Bonchev–Trinajstić information content (AvgIpc) is 2.33. The largest absolute Gasteiger partial charge is 0.303 e. The minimum Gasteiger partial charge on any atom is -0.303 e. The summed E-state index contributed by atoms with van der Waals surface area (Å²) in [6.45, 7) is 10.3. The fourth-order valence-corrected chi connectivity index (χ4v) is 4.52. The molecule has 0 radical (unpaired) electrons. The zero-order valence-electron chi connectivity index (χ0n) is 12.4. The normalized spacial score (nSPS) is 39.7. The first-order valence-corrected chi connectivity index (χ1v) is 8.06. The molecule has 3 fully saturated rings. The van der Waals surface area contributed by atoms with E-state index in [0.717, 1.165) is 29.7 Å². The molecule has 2 nitrogen and oxygen atoms in total. The van der Waals surface area contributed by atoms with E-state index in [1.54, 1.807) is 0 Å². The molecule has 0 aromatic heterocycles. The van der Waals surface area contributed by atoms with Gasteiger partial charge in [-0.15, -0.1) is 0 Å². The summed E-state index contributed by atoms with van der Waals surface area (Å²) in [7, 11) is 2.25. The Kier molecular flexibility index (Phi) is 3.68. The Labute approximate surface area is 113 Å². The maximum Gasteiger partial charge on any atom is 0.0350 e. The highest BCUT2D eigenvalue weighted by Gasteiger charge is 2.39. The van der Waals surface area contributed by atoms with Crippen LogP contribution in [0.1, 0.15) is 39.5 Å². The molecule has 2 saturated heterocycles. The topological polar surface area (TPSA) is 6.48 Å². The van der Waals surface area contributed by atoms with Crippen LogP contribution in [0, 0.1) is 23.7 Å². The molecular weight excluding hydrogens is 220 g/mol. The van der Waals surface area contributed by atoms with E-state index >= 15 is 0 Å². The fourth-order valence-electron chi connectivity index (χ4n) is 4.52. The van der Waals surface area contributed by atoms with E-state index in [0.29, 0.717) is 0 Å². The van der Waals surface area contributed by atoms with Crippen molar-refractivity contribution in [3.05, 3.63) is 0 Å². The van der Waals surface area contributed by atoms with Crippen LogP contribution >= 0.6 is 0 Å². The Morgan fingerprint density at radius 3 is 2.39 bits per heavy atom. The molecule has 1 aliphatic carbocycles. The minimum atomic E-state index is 0.885. The number of hydrogen-bond acceptors (Lipinski definition) is 2. The molecule has 0 aromatic carbocycles. The summed E-state index contributed by atoms with van der Waals surface area (Å²) < 4.78 is 0. The van der Waals surface area contributed by atoms with E-state index in [2.05, 4.69) is 30.7 Å². The number of hydrogen-bond donors (Lipinski definition) is 0. The Morgan fingerprint density at radius 2 is 1.72 bits per heavy atom. The molecule has 3 aliphatic rings. The molecule has 3 unspecified atom stereocenters. The molecular formula is C16H30N2. The summed E-state index contributed by atoms with van der Waals surface area (Å²) in [6.07, 6.45) is 6.02. The molecule has 3 rings (SSSR count). The van der Waals surface area contributed by atoms with Gasteiger partial charge in [0, 0.05) is 25.7 Å². The quantitative estimate of drug-likeness (QED) is 0.743. The molecule has 0 N–H and O–H groups in total. The van der Waals surface area contributed by atoms with Crippen LogP contribution in [0.2, 0.25) is 0 Å². The third kappa shape index (κ3) is 2.46. The summed E-state index contributed by atoms with van der Waals surface area (Å²) in [5.74, 6) is 3.99. The molecule has 1 saturated carbocycles. The van der Waals surface area contributed by atoms with Gasteiger partial charge in [-0.1, -0.05) is 13.8 Å². The predicted molar refractivity (Wildman–Crippen MR) is 76.6 cm³/mol. The summed E-state index contributed by atoms with van der Waals surface area (Å²) >= 11 is 0. The number of likely N-dealkylation sites (tertiary alicyclic amines) is 2. The maximum atomic E-state index is 2.81. The van der Waals surface area contributed by atoms with Gasteiger partial charge in [0.2, 0.25) is 0 Å². The van der Waals surface area contributed by atoms with E-state index < -0.39 is 0 Å². The van der Waals surface area contributed by atoms with Crippen LogP contribution in [0.15, 0.2) is 0 Å². The highest BCUT2D eigenvalue weighted by atomic mass is 15.3. The first-order chi connectivity index (χ1) is 8.63. The lowest BCUT2D eigenvalue weighted by Crippen LogP contribution is -2.60. The molecule has 3 atom stereocenters. The monoisotopic (exact) mass is 250 g/mol. The van der Waals surface area contributed by atoms with Crippen LogP contribution < -0.4 is 0 Å². The Balaban J connectivity index is 1.56. The van der Waals surface area contributed by atoms with Crippen molar-refractivity contribution in [2.75, 3.05) is 33.2 Å². The molecule has 18 heavy (non-hydrogen) atoms. The third-order valence-electron chi connectivity index (χ3n) is 5.94. The van der Waals surface area contributed by atoms with Gasteiger partial charge in [-0.05, 0) is 62.9 Å². The van der Waals surface area contributed by atoms with Crippen molar-refractivity contribution in [3.63, 3.8) is 0 Å². The SMILES string of the molecule is CC(C)C1CCC2CCN(C3CN(C)C3)CC2C1. The zero-order valence-corrected chi connectivity index (χ0v) is 12.4. The van der Waals surface area contributed by atoms with Crippen molar-refractivity contribution in [1.29, 1.82) is 0 Å². The van der Waals surface area contributed by atoms with Gasteiger partial charge in [0.25, 0.3) is 0 Å². The van der Waals surface area contributed by atoms with Gasteiger partial charge >= 0.3 is 0 Å². The number of rotatable bonds is 2. The maximum absolute atomic E-state index is 2.81. The van der Waals surface area contributed by atoms with E-state index in [-0.39, 0.29) is 0 Å². The lowest BCUT2D eigenvalue weighted by Gasteiger charge is -2.51. The van der Waals surface area contributed by atoms with Crippen molar-refractivity contribution in [2.45, 2.75) is 45.6 Å². The van der Waals surface area contributed by atoms with Crippen molar-refractivity contribution >= 4 is 0 Å². The third-order valence-corrected chi connectivity index (χ3v) is 5.94. The number of nitrogens with zero attached hydrogens (tertiary/aromatic N) is 2. The van der Waals surface area contributed by atoms with Gasteiger partial charge in [0.15, 0.2) is 0 Å². The van der Waals surface area contributed by atoms with Crippen LogP contribution in [-0.2, 0) is 0 Å². The van der Waals surface area contributed by atoms with Gasteiger partial charge in [-0.3, -0.25) is 4.90 Å². The average molecular weight is 250 g/mol. The van der Waals surface area contributed by atoms with Crippen LogP contribution in [0.25, 0.3) is 0 Å². The number of fused-ring (bicyclic) bond motifs is 1. The van der Waals surface area contributed by atoms with Crippen molar-refractivity contribution < 1.29 is 0 Å². The van der Waals surface area contributed by atoms with Crippen LogP contribution in [0.4, 0.5) is 0 Å². The van der Waals surface area contributed by atoms with Crippen molar-refractivity contribution in [2.24, 2.45) is 23.7 Å². The fraction of sp³-hybridized carbons (Fsp3) is 1.00. The summed E-state index contributed by atoms with van der Waals surface area (Å²) in [5.41, 5.74) is 0. The molecule has 2 aliphatic heterocycles. The van der Waals surface area contributed by atoms with E-state index in [1.165, 1.54) is 51.9 Å². The van der Waals surface area contributed by atoms with Crippen molar-refractivity contribution in [1.82, 2.24) is 9.80 Å². The predicted octanol–water partition coefficient (Wildman–Crippen LogP) is 2.69. The van der Waals surface area contributed by atoms with Crippen LogP contribution in [0.5, 0.6) is 0 Å². The second-order valence-corrected chi connectivity index (χ2v) is 7.50. The van der Waals surface area contributed by atoms with E-state index in [9.17, 15) is 0 Å². The van der Waals surface area contributed by atoms with Gasteiger partial charge in [-0.25, -0.2) is 0 Å². The lowest BCUT2D eigenvalue weighted by atomic mass is 9.68. The Hall–Kier alpha value is -0.0800. The Morgan fingerprint density at radius 1 is 0.944 bits per heavy atom.